The van der Waals surface area contributed by atoms with Gasteiger partial charge in [0.2, 0.25) is 5.16 Å². The van der Waals surface area contributed by atoms with Gasteiger partial charge in [-0.1, -0.05) is 6.07 Å². The summed E-state index contributed by atoms with van der Waals surface area (Å²) >= 11 is 5.00. The van der Waals surface area contributed by atoms with E-state index in [-0.39, 0.29) is 0 Å². The number of rotatable bonds is 6. The van der Waals surface area contributed by atoms with Crippen LogP contribution in [0.3, 0.4) is 0 Å². The number of fused-ring (bicyclic) bond motifs is 1. The molecule has 0 bridgehead atoms. The third-order valence-corrected chi connectivity index (χ3v) is 8.10. The minimum atomic E-state index is 0.670. The highest BCUT2D eigenvalue weighted by Crippen LogP contribution is 2.37. The summed E-state index contributed by atoms with van der Waals surface area (Å²) in [7, 11) is 0. The fourth-order valence-electron chi connectivity index (χ4n) is 3.55. The topological polar surface area (TPSA) is 72.6 Å². The van der Waals surface area contributed by atoms with Gasteiger partial charge in [0, 0.05) is 15.1 Å². The van der Waals surface area contributed by atoms with Gasteiger partial charge in [-0.2, -0.15) is 0 Å². The van der Waals surface area contributed by atoms with Gasteiger partial charge in [0.1, 0.15) is 15.7 Å². The van der Waals surface area contributed by atoms with E-state index in [9.17, 15) is 0 Å². The number of aromatic nitrogens is 6. The first-order valence-corrected chi connectivity index (χ1v) is 12.1. The number of likely N-dealkylation sites (tertiary alicyclic amines) is 1. The summed E-state index contributed by atoms with van der Waals surface area (Å²) in [4.78, 5) is 15.9. The Morgan fingerprint density at radius 1 is 1.14 bits per heavy atom. The fourth-order valence-corrected chi connectivity index (χ4v) is 6.30. The molecular formula is C19H21N7S3. The Morgan fingerprint density at radius 2 is 2.00 bits per heavy atom. The summed E-state index contributed by atoms with van der Waals surface area (Å²) in [6.45, 7) is 8.04. The van der Waals surface area contributed by atoms with Crippen LogP contribution in [0.5, 0.6) is 0 Å². The average Bonchev–Trinajstić information content (AvgIpc) is 3.48. The molecule has 0 spiro atoms. The molecule has 1 aliphatic rings. The number of aryl methyl sites for hydroxylation is 2. The fraction of sp³-hybridized carbons (Fsp3) is 0.421. The third kappa shape index (κ3) is 3.94. The molecule has 0 aliphatic carbocycles. The van der Waals surface area contributed by atoms with Crippen molar-refractivity contribution in [1.29, 1.82) is 0 Å². The Morgan fingerprint density at radius 3 is 2.79 bits per heavy atom. The van der Waals surface area contributed by atoms with Gasteiger partial charge < -0.3 is 0 Å². The lowest BCUT2D eigenvalue weighted by Crippen LogP contribution is -2.20. The standard InChI is InChI=1S/C19H21N7S3/c1-12-13(2)28-17-16(12)18(21-15(20-17)11-25-7-3-4-8-25)29-19-22-23-24-26(19)10-14-6-5-9-27-14/h5-6,9H,3-4,7-8,10-11H2,1-2H3. The molecule has 1 saturated heterocycles. The average molecular weight is 444 g/mol. The van der Waals surface area contributed by atoms with Gasteiger partial charge in [-0.05, 0) is 79.0 Å². The van der Waals surface area contributed by atoms with E-state index in [1.54, 1.807) is 34.4 Å². The quantitative estimate of drug-likeness (QED) is 0.415. The Hall–Kier alpha value is -1.88. The first-order valence-electron chi connectivity index (χ1n) is 9.63. The molecular weight excluding hydrogens is 422 g/mol. The van der Waals surface area contributed by atoms with Crippen LogP contribution in [-0.4, -0.2) is 48.2 Å². The van der Waals surface area contributed by atoms with E-state index < -0.39 is 0 Å². The number of hydrogen-bond acceptors (Lipinski definition) is 9. The Kier molecular flexibility index (Phi) is 5.33. The maximum Gasteiger partial charge on any atom is 0.215 e. The normalized spacial score (nSPS) is 15.0. The van der Waals surface area contributed by atoms with Crippen molar-refractivity contribution >= 4 is 44.7 Å². The third-order valence-electron chi connectivity index (χ3n) is 5.18. The van der Waals surface area contributed by atoms with Crippen LogP contribution >= 0.6 is 34.4 Å². The molecule has 0 atom stereocenters. The summed E-state index contributed by atoms with van der Waals surface area (Å²) in [6.07, 6.45) is 2.52. The predicted molar refractivity (Wildman–Crippen MR) is 117 cm³/mol. The summed E-state index contributed by atoms with van der Waals surface area (Å²) in [6, 6.07) is 4.15. The molecule has 0 amide bonds. The van der Waals surface area contributed by atoms with Crippen molar-refractivity contribution < 1.29 is 0 Å². The molecule has 1 aliphatic heterocycles. The maximum atomic E-state index is 4.96. The molecule has 7 nitrogen and oxygen atoms in total. The minimum Gasteiger partial charge on any atom is -0.296 e. The molecule has 0 unspecified atom stereocenters. The summed E-state index contributed by atoms with van der Waals surface area (Å²) in [5, 5.41) is 17.3. The van der Waals surface area contributed by atoms with E-state index in [1.807, 2.05) is 10.7 Å². The highest BCUT2D eigenvalue weighted by Gasteiger charge is 2.20. The summed E-state index contributed by atoms with van der Waals surface area (Å²) < 4.78 is 1.85. The first kappa shape index (κ1) is 19.1. The van der Waals surface area contributed by atoms with Crippen LogP contribution in [0.25, 0.3) is 10.2 Å². The molecule has 1 fully saturated rings. The molecule has 150 valence electrons. The van der Waals surface area contributed by atoms with Crippen LogP contribution in [0.1, 0.15) is 34.0 Å². The van der Waals surface area contributed by atoms with E-state index in [0.717, 1.165) is 45.9 Å². The predicted octanol–water partition coefficient (Wildman–Crippen LogP) is 4.15. The zero-order valence-corrected chi connectivity index (χ0v) is 18.8. The maximum absolute atomic E-state index is 4.96. The molecule has 10 heteroatoms. The summed E-state index contributed by atoms with van der Waals surface area (Å²) in [5.41, 5.74) is 1.25. The monoisotopic (exact) mass is 443 g/mol. The number of hydrogen-bond donors (Lipinski definition) is 0. The zero-order valence-electron chi connectivity index (χ0n) is 16.3. The second-order valence-electron chi connectivity index (χ2n) is 7.19. The van der Waals surface area contributed by atoms with E-state index in [2.05, 4.69) is 45.7 Å². The van der Waals surface area contributed by atoms with E-state index in [4.69, 9.17) is 9.97 Å². The van der Waals surface area contributed by atoms with Gasteiger partial charge in [-0.15, -0.1) is 27.8 Å². The zero-order chi connectivity index (χ0) is 19.8. The van der Waals surface area contributed by atoms with E-state index >= 15 is 0 Å². The largest absolute Gasteiger partial charge is 0.296 e. The Bertz CT molecular complexity index is 1130. The molecule has 5 heterocycles. The Labute approximate surface area is 181 Å². The van der Waals surface area contributed by atoms with E-state index in [0.29, 0.717) is 6.54 Å². The van der Waals surface area contributed by atoms with Crippen LogP contribution in [0.4, 0.5) is 0 Å². The highest BCUT2D eigenvalue weighted by molar-refractivity contribution is 7.99. The van der Waals surface area contributed by atoms with Crippen molar-refractivity contribution in [2.75, 3.05) is 13.1 Å². The number of thiophene rings is 2. The lowest BCUT2D eigenvalue weighted by molar-refractivity contribution is 0.322. The highest BCUT2D eigenvalue weighted by atomic mass is 32.2. The molecule has 0 saturated carbocycles. The van der Waals surface area contributed by atoms with Gasteiger partial charge in [0.05, 0.1) is 13.1 Å². The van der Waals surface area contributed by atoms with Crippen molar-refractivity contribution in [3.05, 3.63) is 38.7 Å². The molecule has 0 N–H and O–H groups in total. The van der Waals surface area contributed by atoms with Crippen LogP contribution in [0, 0.1) is 13.8 Å². The SMILES string of the molecule is Cc1sc2nc(CN3CCCC3)nc(Sc3nnnn3Cc3cccs3)c2c1C. The minimum absolute atomic E-state index is 0.670. The van der Waals surface area contributed by atoms with Crippen LogP contribution in [0.15, 0.2) is 27.7 Å². The van der Waals surface area contributed by atoms with Crippen molar-refractivity contribution in [1.82, 2.24) is 35.1 Å². The van der Waals surface area contributed by atoms with Gasteiger partial charge in [-0.3, -0.25) is 4.90 Å². The molecule has 5 rings (SSSR count). The van der Waals surface area contributed by atoms with Gasteiger partial charge >= 0.3 is 0 Å². The van der Waals surface area contributed by atoms with Crippen molar-refractivity contribution in [3.63, 3.8) is 0 Å². The molecule has 0 radical (unpaired) electrons. The Balaban J connectivity index is 1.51. The smallest absolute Gasteiger partial charge is 0.215 e. The number of tetrazole rings is 1. The van der Waals surface area contributed by atoms with Crippen LogP contribution in [0.2, 0.25) is 0 Å². The first-order chi connectivity index (χ1) is 14.2. The van der Waals surface area contributed by atoms with Crippen molar-refractivity contribution in [2.24, 2.45) is 0 Å². The summed E-state index contributed by atoms with van der Waals surface area (Å²) in [5.74, 6) is 0.889. The number of nitrogens with zero attached hydrogens (tertiary/aromatic N) is 7. The van der Waals surface area contributed by atoms with Crippen LogP contribution in [-0.2, 0) is 13.1 Å². The second kappa shape index (κ2) is 8.10. The van der Waals surface area contributed by atoms with Crippen LogP contribution < -0.4 is 0 Å². The molecule has 4 aromatic rings. The van der Waals surface area contributed by atoms with Gasteiger partial charge in [0.15, 0.2) is 0 Å². The molecule has 29 heavy (non-hydrogen) atoms. The molecule has 4 aromatic heterocycles. The lowest BCUT2D eigenvalue weighted by atomic mass is 10.2. The van der Waals surface area contributed by atoms with E-state index in [1.165, 1.54) is 28.2 Å². The van der Waals surface area contributed by atoms with Gasteiger partial charge in [0.25, 0.3) is 0 Å². The second-order valence-corrected chi connectivity index (χ2v) is 10.4. The van der Waals surface area contributed by atoms with Crippen molar-refractivity contribution in [3.8, 4) is 0 Å². The molecule has 0 aromatic carbocycles. The lowest BCUT2D eigenvalue weighted by Gasteiger charge is -2.14. The van der Waals surface area contributed by atoms with Crippen molar-refractivity contribution in [2.45, 2.75) is 50.0 Å². The van der Waals surface area contributed by atoms with Gasteiger partial charge in [-0.25, -0.2) is 14.6 Å².